The van der Waals surface area contributed by atoms with Crippen LogP contribution in [0.1, 0.15) is 12.8 Å². The Kier molecular flexibility index (Phi) is 3.64. The Morgan fingerprint density at radius 1 is 1.25 bits per heavy atom. The van der Waals surface area contributed by atoms with Crippen molar-refractivity contribution in [3.63, 3.8) is 0 Å². The quantitative estimate of drug-likeness (QED) is 0.848. The van der Waals surface area contributed by atoms with Gasteiger partial charge in [-0.2, -0.15) is 0 Å². The van der Waals surface area contributed by atoms with Gasteiger partial charge in [0.15, 0.2) is 5.82 Å². The topological polar surface area (TPSA) is 56.1 Å². The Bertz CT molecular complexity index is 576. The fourth-order valence-corrected chi connectivity index (χ4v) is 2.53. The normalized spacial score (nSPS) is 16.3. The molecule has 2 aromatic rings. The molecule has 6 nitrogen and oxygen atoms in total. The molecule has 3 heterocycles. The maximum Gasteiger partial charge on any atom is 0.158 e. The van der Waals surface area contributed by atoms with Crippen LogP contribution < -0.4 is 4.90 Å². The van der Waals surface area contributed by atoms with Crippen molar-refractivity contribution in [2.24, 2.45) is 7.05 Å². The first-order valence-electron chi connectivity index (χ1n) is 6.86. The summed E-state index contributed by atoms with van der Waals surface area (Å²) in [6.07, 6.45) is 7.38. The van der Waals surface area contributed by atoms with Crippen molar-refractivity contribution in [1.82, 2.24) is 19.5 Å². The highest BCUT2D eigenvalue weighted by molar-refractivity contribution is 5.56. The molecule has 0 unspecified atom stereocenters. The van der Waals surface area contributed by atoms with Crippen molar-refractivity contribution in [2.75, 3.05) is 25.2 Å². The standard InChI is InChI=1S/C14H19N5O/c1-18-6-5-15-14(18)12-9-13(17-10-16-12)19(2)11-3-7-20-8-4-11/h5-6,9-11H,3-4,7-8H2,1-2H3. The number of aryl methyl sites for hydroxylation is 1. The van der Waals surface area contributed by atoms with Crippen molar-refractivity contribution < 1.29 is 4.74 Å². The number of hydrogen-bond acceptors (Lipinski definition) is 5. The lowest BCUT2D eigenvalue weighted by atomic mass is 10.1. The number of anilines is 1. The van der Waals surface area contributed by atoms with E-state index in [1.54, 1.807) is 12.5 Å². The number of imidazole rings is 1. The van der Waals surface area contributed by atoms with Crippen LogP contribution in [0.2, 0.25) is 0 Å². The molecular formula is C14H19N5O. The molecule has 0 aliphatic carbocycles. The molecule has 0 N–H and O–H groups in total. The van der Waals surface area contributed by atoms with Crippen LogP contribution in [0.15, 0.2) is 24.8 Å². The molecule has 20 heavy (non-hydrogen) atoms. The van der Waals surface area contributed by atoms with Crippen molar-refractivity contribution >= 4 is 5.82 Å². The third-order valence-electron chi connectivity index (χ3n) is 3.80. The van der Waals surface area contributed by atoms with Crippen LogP contribution in [0, 0.1) is 0 Å². The van der Waals surface area contributed by atoms with E-state index in [-0.39, 0.29) is 0 Å². The number of nitrogens with zero attached hydrogens (tertiary/aromatic N) is 5. The fraction of sp³-hybridized carbons (Fsp3) is 0.500. The lowest BCUT2D eigenvalue weighted by Crippen LogP contribution is -2.37. The molecule has 0 atom stereocenters. The van der Waals surface area contributed by atoms with E-state index in [2.05, 4.69) is 26.9 Å². The van der Waals surface area contributed by atoms with Gasteiger partial charge in [0.1, 0.15) is 17.8 Å². The van der Waals surface area contributed by atoms with Gasteiger partial charge in [0, 0.05) is 51.8 Å². The van der Waals surface area contributed by atoms with Crippen LogP contribution in [-0.4, -0.2) is 45.8 Å². The largest absolute Gasteiger partial charge is 0.381 e. The SMILES string of the molecule is CN(c1cc(-c2nccn2C)ncn1)C1CCOCC1. The number of ether oxygens (including phenoxy) is 1. The van der Waals surface area contributed by atoms with E-state index in [4.69, 9.17) is 4.74 Å². The molecule has 6 heteroatoms. The number of rotatable bonds is 3. The summed E-state index contributed by atoms with van der Waals surface area (Å²) < 4.78 is 7.37. The summed E-state index contributed by atoms with van der Waals surface area (Å²) in [4.78, 5) is 15.3. The Morgan fingerprint density at radius 2 is 2.05 bits per heavy atom. The average Bonchev–Trinajstić information content (AvgIpc) is 2.94. The first kappa shape index (κ1) is 13.1. The zero-order valence-corrected chi connectivity index (χ0v) is 11.9. The molecule has 2 aromatic heterocycles. The van der Waals surface area contributed by atoms with Crippen LogP contribution in [0.3, 0.4) is 0 Å². The van der Waals surface area contributed by atoms with E-state index in [1.807, 2.05) is 23.9 Å². The molecule has 1 aliphatic heterocycles. The van der Waals surface area contributed by atoms with Crippen LogP contribution in [-0.2, 0) is 11.8 Å². The second kappa shape index (κ2) is 5.58. The van der Waals surface area contributed by atoms with Gasteiger partial charge < -0.3 is 14.2 Å². The summed E-state index contributed by atoms with van der Waals surface area (Å²) in [6, 6.07) is 2.48. The van der Waals surface area contributed by atoms with Crippen molar-refractivity contribution in [3.8, 4) is 11.5 Å². The van der Waals surface area contributed by atoms with Gasteiger partial charge >= 0.3 is 0 Å². The third kappa shape index (κ3) is 2.51. The van der Waals surface area contributed by atoms with Gasteiger partial charge in [0.25, 0.3) is 0 Å². The molecule has 0 amide bonds. The maximum atomic E-state index is 5.41. The third-order valence-corrected chi connectivity index (χ3v) is 3.80. The molecule has 1 fully saturated rings. The molecule has 0 aromatic carbocycles. The monoisotopic (exact) mass is 273 g/mol. The van der Waals surface area contributed by atoms with Crippen LogP contribution in [0.4, 0.5) is 5.82 Å². The average molecular weight is 273 g/mol. The summed E-state index contributed by atoms with van der Waals surface area (Å²) in [5, 5.41) is 0. The highest BCUT2D eigenvalue weighted by Crippen LogP contribution is 2.22. The van der Waals surface area contributed by atoms with Crippen molar-refractivity contribution in [2.45, 2.75) is 18.9 Å². The van der Waals surface area contributed by atoms with Gasteiger partial charge in [-0.3, -0.25) is 0 Å². The molecule has 1 saturated heterocycles. The molecular weight excluding hydrogens is 254 g/mol. The van der Waals surface area contributed by atoms with Crippen LogP contribution in [0.25, 0.3) is 11.5 Å². The van der Waals surface area contributed by atoms with Crippen molar-refractivity contribution in [1.29, 1.82) is 0 Å². The second-order valence-electron chi connectivity index (χ2n) is 5.08. The predicted octanol–water partition coefficient (Wildman–Crippen LogP) is 1.49. The summed E-state index contributed by atoms with van der Waals surface area (Å²) in [5.41, 5.74) is 0.849. The molecule has 106 valence electrons. The second-order valence-corrected chi connectivity index (χ2v) is 5.08. The van der Waals surface area contributed by atoms with Gasteiger partial charge in [0.2, 0.25) is 0 Å². The first-order valence-corrected chi connectivity index (χ1v) is 6.86. The Morgan fingerprint density at radius 3 is 2.75 bits per heavy atom. The smallest absolute Gasteiger partial charge is 0.158 e. The predicted molar refractivity (Wildman–Crippen MR) is 76.5 cm³/mol. The number of aromatic nitrogens is 4. The minimum atomic E-state index is 0.480. The Balaban J connectivity index is 1.85. The van der Waals surface area contributed by atoms with E-state index in [9.17, 15) is 0 Å². The van der Waals surface area contributed by atoms with Gasteiger partial charge in [-0.05, 0) is 12.8 Å². The zero-order chi connectivity index (χ0) is 13.9. The molecule has 0 radical (unpaired) electrons. The van der Waals surface area contributed by atoms with Gasteiger partial charge in [0.05, 0.1) is 0 Å². The summed E-state index contributed by atoms with van der Waals surface area (Å²) >= 11 is 0. The number of hydrogen-bond donors (Lipinski definition) is 0. The summed E-state index contributed by atoms with van der Waals surface area (Å²) in [7, 11) is 4.05. The molecule has 0 saturated carbocycles. The molecule has 0 bridgehead atoms. The van der Waals surface area contributed by atoms with E-state index in [0.29, 0.717) is 6.04 Å². The van der Waals surface area contributed by atoms with Crippen LogP contribution >= 0.6 is 0 Å². The van der Waals surface area contributed by atoms with Gasteiger partial charge in [-0.1, -0.05) is 0 Å². The lowest BCUT2D eigenvalue weighted by molar-refractivity contribution is 0.0853. The molecule has 0 spiro atoms. The Labute approximate surface area is 118 Å². The zero-order valence-electron chi connectivity index (χ0n) is 11.9. The summed E-state index contributed by atoms with van der Waals surface area (Å²) in [6.45, 7) is 1.65. The van der Waals surface area contributed by atoms with E-state index in [1.165, 1.54) is 0 Å². The highest BCUT2D eigenvalue weighted by atomic mass is 16.5. The van der Waals surface area contributed by atoms with E-state index < -0.39 is 0 Å². The first-order chi connectivity index (χ1) is 9.75. The highest BCUT2D eigenvalue weighted by Gasteiger charge is 2.20. The fourth-order valence-electron chi connectivity index (χ4n) is 2.53. The van der Waals surface area contributed by atoms with Crippen molar-refractivity contribution in [3.05, 3.63) is 24.8 Å². The minimum absolute atomic E-state index is 0.480. The van der Waals surface area contributed by atoms with Gasteiger partial charge in [-0.15, -0.1) is 0 Å². The van der Waals surface area contributed by atoms with Gasteiger partial charge in [-0.25, -0.2) is 15.0 Å². The Hall–Kier alpha value is -1.95. The lowest BCUT2D eigenvalue weighted by Gasteiger charge is -2.32. The maximum absolute atomic E-state index is 5.41. The van der Waals surface area contributed by atoms with Crippen LogP contribution in [0.5, 0.6) is 0 Å². The summed E-state index contributed by atoms with van der Waals surface area (Å²) in [5.74, 6) is 1.79. The van der Waals surface area contributed by atoms with E-state index >= 15 is 0 Å². The molecule has 3 rings (SSSR count). The molecule has 1 aliphatic rings. The minimum Gasteiger partial charge on any atom is -0.381 e. The van der Waals surface area contributed by atoms with E-state index in [0.717, 1.165) is 43.4 Å².